The maximum atomic E-state index is 12.9. The van der Waals surface area contributed by atoms with Crippen LogP contribution in [0.3, 0.4) is 0 Å². The summed E-state index contributed by atoms with van der Waals surface area (Å²) in [4.78, 5) is 12.1. The molecule has 0 bridgehead atoms. The number of phenolic OH excluding ortho intramolecular Hbond substituents is 1. The van der Waals surface area contributed by atoms with Crippen LogP contribution in [-0.4, -0.2) is 29.1 Å². The zero-order valence-corrected chi connectivity index (χ0v) is 11.3. The number of hydrogen-bond donors (Lipinski definition) is 3. The summed E-state index contributed by atoms with van der Waals surface area (Å²) in [6.45, 7) is 0.903. The van der Waals surface area contributed by atoms with Crippen molar-refractivity contribution in [3.05, 3.63) is 29.6 Å². The van der Waals surface area contributed by atoms with E-state index >= 15 is 0 Å². The first-order valence-electron chi connectivity index (χ1n) is 7.12. The van der Waals surface area contributed by atoms with Crippen LogP contribution in [0.1, 0.15) is 42.5 Å². The lowest BCUT2D eigenvalue weighted by Crippen LogP contribution is -2.59. The third-order valence-corrected chi connectivity index (χ3v) is 4.48. The van der Waals surface area contributed by atoms with E-state index in [9.17, 15) is 14.3 Å². The van der Waals surface area contributed by atoms with E-state index in [1.807, 2.05) is 0 Å². The molecule has 108 valence electrons. The molecule has 2 aliphatic rings. The standard InChI is InChI=1S/C15H19FN2O2/c16-10-2-3-12(13(19)8-10)14(20)18-11-4-7-17-15(9-11)5-1-6-15/h2-3,8,11,17,19H,1,4-7,9H2,(H,18,20). The molecule has 0 aromatic heterocycles. The van der Waals surface area contributed by atoms with Crippen LogP contribution in [0.25, 0.3) is 0 Å². The molecule has 1 heterocycles. The Kier molecular flexibility index (Phi) is 3.38. The molecule has 1 spiro atoms. The zero-order chi connectivity index (χ0) is 14.2. The number of carbonyl (C=O) groups is 1. The molecule has 1 aliphatic heterocycles. The number of piperidine rings is 1. The fourth-order valence-electron chi connectivity index (χ4n) is 3.23. The summed E-state index contributed by atoms with van der Waals surface area (Å²) >= 11 is 0. The number of halogens is 1. The highest BCUT2D eigenvalue weighted by Gasteiger charge is 2.41. The normalized spacial score (nSPS) is 24.1. The SMILES string of the molecule is O=C(NC1CCNC2(CCC2)C1)c1ccc(F)cc1O. The molecule has 1 aromatic carbocycles. The van der Waals surface area contributed by atoms with Gasteiger partial charge in [-0.3, -0.25) is 4.79 Å². The molecule has 5 heteroatoms. The third kappa shape index (κ3) is 2.50. The van der Waals surface area contributed by atoms with Gasteiger partial charge in [0.1, 0.15) is 11.6 Å². The van der Waals surface area contributed by atoms with E-state index in [0.29, 0.717) is 0 Å². The number of nitrogens with one attached hydrogen (secondary N) is 2. The number of phenols is 1. The molecule has 1 atom stereocenters. The van der Waals surface area contributed by atoms with Crippen molar-refractivity contribution in [2.24, 2.45) is 0 Å². The van der Waals surface area contributed by atoms with Crippen LogP contribution in [-0.2, 0) is 0 Å². The smallest absolute Gasteiger partial charge is 0.255 e. The van der Waals surface area contributed by atoms with Crippen molar-refractivity contribution in [2.75, 3.05) is 6.54 Å². The highest BCUT2D eigenvalue weighted by Crippen LogP contribution is 2.38. The second-order valence-electron chi connectivity index (χ2n) is 5.89. The van der Waals surface area contributed by atoms with Gasteiger partial charge in [-0.1, -0.05) is 0 Å². The van der Waals surface area contributed by atoms with Crippen molar-refractivity contribution in [3.8, 4) is 5.75 Å². The fraction of sp³-hybridized carbons (Fsp3) is 0.533. The molecule has 1 saturated heterocycles. The fourth-order valence-corrected chi connectivity index (χ4v) is 3.23. The minimum atomic E-state index is -0.547. The monoisotopic (exact) mass is 278 g/mol. The maximum Gasteiger partial charge on any atom is 0.255 e. The van der Waals surface area contributed by atoms with Crippen LogP contribution >= 0.6 is 0 Å². The molecule has 1 unspecified atom stereocenters. The Balaban J connectivity index is 1.66. The summed E-state index contributed by atoms with van der Waals surface area (Å²) in [7, 11) is 0. The van der Waals surface area contributed by atoms with Gasteiger partial charge in [-0.2, -0.15) is 0 Å². The van der Waals surface area contributed by atoms with E-state index in [1.54, 1.807) is 0 Å². The highest BCUT2D eigenvalue weighted by molar-refractivity contribution is 5.96. The van der Waals surface area contributed by atoms with Crippen LogP contribution in [0.15, 0.2) is 18.2 Å². The largest absolute Gasteiger partial charge is 0.507 e. The summed E-state index contributed by atoms with van der Waals surface area (Å²) < 4.78 is 12.9. The number of rotatable bonds is 2. The molecule has 0 radical (unpaired) electrons. The van der Waals surface area contributed by atoms with Crippen molar-refractivity contribution in [3.63, 3.8) is 0 Å². The number of benzene rings is 1. The minimum absolute atomic E-state index is 0.119. The summed E-state index contributed by atoms with van der Waals surface area (Å²) in [5.74, 6) is -1.19. The van der Waals surface area contributed by atoms with E-state index in [0.717, 1.165) is 25.5 Å². The van der Waals surface area contributed by atoms with Gasteiger partial charge in [-0.05, 0) is 50.8 Å². The maximum absolute atomic E-state index is 12.9. The van der Waals surface area contributed by atoms with Crippen molar-refractivity contribution >= 4 is 5.91 Å². The molecule has 3 N–H and O–H groups in total. The van der Waals surface area contributed by atoms with Crippen molar-refractivity contribution in [1.29, 1.82) is 0 Å². The molecule has 3 rings (SSSR count). The predicted molar refractivity (Wildman–Crippen MR) is 73.1 cm³/mol. The van der Waals surface area contributed by atoms with Crippen LogP contribution < -0.4 is 10.6 Å². The average molecular weight is 278 g/mol. The summed E-state index contributed by atoms with van der Waals surface area (Å²) in [6.07, 6.45) is 5.39. The first kappa shape index (κ1) is 13.4. The Morgan fingerprint density at radius 1 is 1.45 bits per heavy atom. The van der Waals surface area contributed by atoms with Gasteiger partial charge in [0.2, 0.25) is 0 Å². The molecule has 2 fully saturated rings. The highest BCUT2D eigenvalue weighted by atomic mass is 19.1. The van der Waals surface area contributed by atoms with E-state index in [2.05, 4.69) is 10.6 Å². The first-order chi connectivity index (χ1) is 9.58. The van der Waals surface area contributed by atoms with E-state index in [4.69, 9.17) is 0 Å². The van der Waals surface area contributed by atoms with Crippen LogP contribution in [0, 0.1) is 5.82 Å². The van der Waals surface area contributed by atoms with Crippen molar-refractivity contribution < 1.29 is 14.3 Å². The van der Waals surface area contributed by atoms with Crippen LogP contribution in [0.5, 0.6) is 5.75 Å². The summed E-state index contributed by atoms with van der Waals surface area (Å²) in [5.41, 5.74) is 0.341. The van der Waals surface area contributed by atoms with Gasteiger partial charge in [-0.15, -0.1) is 0 Å². The Morgan fingerprint density at radius 2 is 2.25 bits per heavy atom. The van der Waals surface area contributed by atoms with Crippen molar-refractivity contribution in [2.45, 2.75) is 43.7 Å². The Labute approximate surface area is 117 Å². The molecular formula is C15H19FN2O2. The van der Waals surface area contributed by atoms with Gasteiger partial charge in [0.05, 0.1) is 5.56 Å². The van der Waals surface area contributed by atoms with E-state index < -0.39 is 5.82 Å². The number of hydrogen-bond acceptors (Lipinski definition) is 3. The van der Waals surface area contributed by atoms with Gasteiger partial charge >= 0.3 is 0 Å². The number of amides is 1. The van der Waals surface area contributed by atoms with Gasteiger partial charge < -0.3 is 15.7 Å². The van der Waals surface area contributed by atoms with E-state index in [1.165, 1.54) is 31.4 Å². The Hall–Kier alpha value is -1.62. The van der Waals surface area contributed by atoms with Gasteiger partial charge in [-0.25, -0.2) is 4.39 Å². The minimum Gasteiger partial charge on any atom is -0.507 e. The quantitative estimate of drug-likeness (QED) is 0.774. The molecule has 4 nitrogen and oxygen atoms in total. The summed E-state index contributed by atoms with van der Waals surface area (Å²) in [5, 5.41) is 16.1. The number of carbonyl (C=O) groups excluding carboxylic acids is 1. The van der Waals surface area contributed by atoms with Crippen molar-refractivity contribution in [1.82, 2.24) is 10.6 Å². The number of aromatic hydroxyl groups is 1. The first-order valence-corrected chi connectivity index (χ1v) is 7.12. The molecule has 20 heavy (non-hydrogen) atoms. The molecule has 1 amide bonds. The lowest BCUT2D eigenvalue weighted by Gasteiger charge is -2.48. The van der Waals surface area contributed by atoms with E-state index in [-0.39, 0.29) is 28.8 Å². The lowest BCUT2D eigenvalue weighted by molar-refractivity contribution is 0.0850. The van der Waals surface area contributed by atoms with Gasteiger partial charge in [0.25, 0.3) is 5.91 Å². The predicted octanol–water partition coefficient (Wildman–Crippen LogP) is 1.94. The Morgan fingerprint density at radius 3 is 2.90 bits per heavy atom. The van der Waals surface area contributed by atoms with Crippen LogP contribution in [0.2, 0.25) is 0 Å². The average Bonchev–Trinajstić information content (AvgIpc) is 2.37. The molecule has 1 saturated carbocycles. The topological polar surface area (TPSA) is 61.4 Å². The molecule has 1 aromatic rings. The third-order valence-electron chi connectivity index (χ3n) is 4.48. The second-order valence-corrected chi connectivity index (χ2v) is 5.89. The van der Waals surface area contributed by atoms with Gasteiger partial charge in [0.15, 0.2) is 0 Å². The Bertz CT molecular complexity index is 529. The van der Waals surface area contributed by atoms with Gasteiger partial charge in [0, 0.05) is 17.6 Å². The molecule has 1 aliphatic carbocycles. The summed E-state index contributed by atoms with van der Waals surface area (Å²) in [6, 6.07) is 3.59. The van der Waals surface area contributed by atoms with Crippen LogP contribution in [0.4, 0.5) is 4.39 Å². The zero-order valence-electron chi connectivity index (χ0n) is 11.3. The molecular weight excluding hydrogens is 259 g/mol. The lowest BCUT2D eigenvalue weighted by atomic mass is 9.70. The second kappa shape index (κ2) is 5.05.